The summed E-state index contributed by atoms with van der Waals surface area (Å²) < 4.78 is 5.80. The summed E-state index contributed by atoms with van der Waals surface area (Å²) in [6, 6.07) is 19.8. The van der Waals surface area contributed by atoms with E-state index in [9.17, 15) is 5.11 Å². The molecule has 4 N–H and O–H groups in total. The average Bonchev–Trinajstić information content (AvgIpc) is 2.83. The minimum absolute atomic E-state index is 0.0664. The Morgan fingerprint density at radius 3 is 1.86 bits per heavy atom. The largest absolute Gasteiger partial charge is 0.491 e. The zero-order valence-corrected chi connectivity index (χ0v) is 22.3. The molecule has 0 heterocycles. The van der Waals surface area contributed by atoms with Gasteiger partial charge in [-0.15, -0.1) is 0 Å². The molecule has 2 aromatic rings. The lowest BCUT2D eigenvalue weighted by atomic mass is 9.78. The predicted molar refractivity (Wildman–Crippen MR) is 142 cm³/mol. The Morgan fingerprint density at radius 1 is 0.889 bits per heavy atom. The van der Waals surface area contributed by atoms with Crippen LogP contribution in [0, 0.1) is 0 Å². The number of aliphatic hydroxyl groups excluding tert-OH is 1. The first kappa shape index (κ1) is 31.1. The Bertz CT molecular complexity index is 893. The molecule has 8 nitrogen and oxygen atoms in total. The minimum atomic E-state index is -1.82. The van der Waals surface area contributed by atoms with Gasteiger partial charge in [0.25, 0.3) is 0 Å². The maximum Gasteiger partial charge on any atom is 0.414 e. The summed E-state index contributed by atoms with van der Waals surface area (Å²) in [6.45, 7) is 16.0. The van der Waals surface area contributed by atoms with Crippen LogP contribution < -0.4 is 10.1 Å². The number of hydrogen-bond acceptors (Lipinski definition) is 6. The number of rotatable bonds is 12. The summed E-state index contributed by atoms with van der Waals surface area (Å²) in [6.07, 6.45) is -0.531. The van der Waals surface area contributed by atoms with Crippen molar-refractivity contribution >= 4 is 11.9 Å². The highest BCUT2D eigenvalue weighted by Crippen LogP contribution is 2.32. The zero-order valence-electron chi connectivity index (χ0n) is 22.3. The number of benzene rings is 2. The van der Waals surface area contributed by atoms with Gasteiger partial charge in [0.2, 0.25) is 0 Å². The molecule has 0 saturated heterocycles. The number of nitrogens with one attached hydrogen (secondary N) is 1. The number of nitrogens with zero attached hydrogens (tertiary/aromatic N) is 1. The number of ether oxygens (including phenoxy) is 1. The van der Waals surface area contributed by atoms with Gasteiger partial charge in [-0.3, -0.25) is 4.90 Å². The van der Waals surface area contributed by atoms with Gasteiger partial charge in [-0.05, 0) is 51.0 Å². The summed E-state index contributed by atoms with van der Waals surface area (Å²) in [5, 5.41) is 28.3. The number of carboxylic acid groups (broad SMARTS) is 2. The van der Waals surface area contributed by atoms with Gasteiger partial charge in [-0.25, -0.2) is 9.59 Å². The zero-order chi connectivity index (χ0) is 27.3. The molecule has 1 atom stereocenters. The molecular weight excluding hydrogens is 460 g/mol. The molecule has 8 heteroatoms. The van der Waals surface area contributed by atoms with E-state index in [4.69, 9.17) is 24.5 Å². The average molecular weight is 503 g/mol. The number of aliphatic carboxylic acids is 2. The van der Waals surface area contributed by atoms with Crippen LogP contribution in [0.5, 0.6) is 5.75 Å². The summed E-state index contributed by atoms with van der Waals surface area (Å²) in [5.74, 6) is -2.86. The Balaban J connectivity index is 0.000000960. The molecule has 0 aliphatic heterocycles. The quantitative estimate of drug-likeness (QED) is 0.257. The van der Waals surface area contributed by atoms with Crippen molar-refractivity contribution in [1.82, 2.24) is 10.2 Å². The fraction of sp³-hybridized carbons (Fsp3) is 0.500. The second-order valence-electron chi connectivity index (χ2n) is 9.72. The van der Waals surface area contributed by atoms with Crippen LogP contribution >= 0.6 is 0 Å². The smallest absolute Gasteiger partial charge is 0.414 e. The molecule has 36 heavy (non-hydrogen) atoms. The van der Waals surface area contributed by atoms with Gasteiger partial charge in [0.1, 0.15) is 18.5 Å². The van der Waals surface area contributed by atoms with Crippen LogP contribution in [-0.4, -0.2) is 76.6 Å². The Morgan fingerprint density at radius 2 is 1.39 bits per heavy atom. The maximum absolute atomic E-state index is 10.2. The van der Waals surface area contributed by atoms with E-state index in [1.807, 2.05) is 18.2 Å². The summed E-state index contributed by atoms with van der Waals surface area (Å²) in [7, 11) is 0. The molecule has 2 aromatic carbocycles. The first-order valence-corrected chi connectivity index (χ1v) is 12.3. The van der Waals surface area contributed by atoms with Crippen LogP contribution in [0.25, 0.3) is 0 Å². The van der Waals surface area contributed by atoms with E-state index in [0.29, 0.717) is 18.6 Å². The van der Waals surface area contributed by atoms with E-state index >= 15 is 0 Å². The van der Waals surface area contributed by atoms with Gasteiger partial charge in [0, 0.05) is 37.1 Å². The maximum atomic E-state index is 10.2. The predicted octanol–water partition coefficient (Wildman–Crippen LogP) is 3.62. The Kier molecular flexibility index (Phi) is 13.2. The molecule has 0 bridgehead atoms. The molecule has 200 valence electrons. The van der Waals surface area contributed by atoms with Crippen molar-refractivity contribution in [2.75, 3.05) is 26.2 Å². The van der Waals surface area contributed by atoms with Gasteiger partial charge in [-0.2, -0.15) is 0 Å². The molecule has 0 aromatic heterocycles. The third kappa shape index (κ3) is 10.8. The minimum Gasteiger partial charge on any atom is -0.491 e. The monoisotopic (exact) mass is 502 g/mol. The van der Waals surface area contributed by atoms with E-state index in [2.05, 4.69) is 88.2 Å². The van der Waals surface area contributed by atoms with E-state index < -0.39 is 18.0 Å². The van der Waals surface area contributed by atoms with E-state index in [1.165, 1.54) is 11.1 Å². The topological polar surface area (TPSA) is 119 Å². The van der Waals surface area contributed by atoms with E-state index in [0.717, 1.165) is 18.8 Å². The molecular formula is C28H42N2O6. The molecule has 2 rings (SSSR count). The second-order valence-corrected chi connectivity index (χ2v) is 9.72. The lowest BCUT2D eigenvalue weighted by molar-refractivity contribution is -0.159. The van der Waals surface area contributed by atoms with Crippen LogP contribution in [0.2, 0.25) is 0 Å². The van der Waals surface area contributed by atoms with E-state index in [1.54, 1.807) is 0 Å². The Hall–Kier alpha value is -2.94. The van der Waals surface area contributed by atoms with Crippen LogP contribution in [-0.2, 0) is 15.0 Å². The third-order valence-electron chi connectivity index (χ3n) is 5.95. The van der Waals surface area contributed by atoms with Crippen molar-refractivity contribution < 1.29 is 29.6 Å². The van der Waals surface area contributed by atoms with Crippen molar-refractivity contribution in [3.63, 3.8) is 0 Å². The summed E-state index contributed by atoms with van der Waals surface area (Å²) >= 11 is 0. The molecule has 0 saturated carbocycles. The molecule has 0 aliphatic rings. The standard InChI is InChI=1S/C26H40N2O2.C2H2O4/c1-20(2)28(21(3)4)17-16-27-18-24(29)19-30-25-14-12-23(13-15-25)26(5,6)22-10-8-7-9-11-22;3-1(4)2(5)6/h7-15,20-21,24,27,29H,16-19H2,1-6H3;(H,3,4)(H,5,6). The number of carbonyl (C=O) groups is 2. The molecule has 1 unspecified atom stereocenters. The molecule has 0 aliphatic carbocycles. The lowest BCUT2D eigenvalue weighted by Gasteiger charge is -2.30. The van der Waals surface area contributed by atoms with Crippen molar-refractivity contribution in [3.05, 3.63) is 65.7 Å². The van der Waals surface area contributed by atoms with Gasteiger partial charge in [-0.1, -0.05) is 56.3 Å². The van der Waals surface area contributed by atoms with Gasteiger partial charge >= 0.3 is 11.9 Å². The van der Waals surface area contributed by atoms with E-state index in [-0.39, 0.29) is 12.0 Å². The molecule has 0 amide bonds. The van der Waals surface area contributed by atoms with Crippen molar-refractivity contribution in [2.45, 2.75) is 65.1 Å². The first-order chi connectivity index (χ1) is 16.9. The van der Waals surface area contributed by atoms with Crippen molar-refractivity contribution in [2.24, 2.45) is 0 Å². The molecule has 0 spiro atoms. The highest BCUT2D eigenvalue weighted by atomic mass is 16.5. The molecule has 0 radical (unpaired) electrons. The fourth-order valence-corrected chi connectivity index (χ4v) is 3.83. The third-order valence-corrected chi connectivity index (χ3v) is 5.95. The number of carboxylic acids is 2. The first-order valence-electron chi connectivity index (χ1n) is 12.3. The summed E-state index contributed by atoms with van der Waals surface area (Å²) in [4.78, 5) is 20.6. The van der Waals surface area contributed by atoms with Crippen LogP contribution in [0.1, 0.15) is 52.7 Å². The number of hydrogen-bond donors (Lipinski definition) is 4. The SMILES string of the molecule is CC(C)N(CCNCC(O)COc1ccc(C(C)(C)c2ccccc2)cc1)C(C)C.O=C(O)C(=O)O. The molecule has 0 fully saturated rings. The van der Waals surface area contributed by atoms with Crippen LogP contribution in [0.3, 0.4) is 0 Å². The van der Waals surface area contributed by atoms with Crippen LogP contribution in [0.15, 0.2) is 54.6 Å². The van der Waals surface area contributed by atoms with Crippen molar-refractivity contribution in [3.8, 4) is 5.75 Å². The van der Waals surface area contributed by atoms with Gasteiger partial charge in [0.15, 0.2) is 0 Å². The normalized spacial score (nSPS) is 12.3. The number of aliphatic hydroxyl groups is 1. The highest BCUT2D eigenvalue weighted by Gasteiger charge is 2.22. The fourth-order valence-electron chi connectivity index (χ4n) is 3.83. The van der Waals surface area contributed by atoms with Gasteiger partial charge < -0.3 is 25.4 Å². The van der Waals surface area contributed by atoms with Crippen LogP contribution in [0.4, 0.5) is 0 Å². The highest BCUT2D eigenvalue weighted by molar-refractivity contribution is 6.27. The Labute approximate surface area is 214 Å². The van der Waals surface area contributed by atoms with Gasteiger partial charge in [0.05, 0.1) is 0 Å². The lowest BCUT2D eigenvalue weighted by Crippen LogP contribution is -2.43. The second kappa shape index (κ2) is 15.2. The van der Waals surface area contributed by atoms with Crippen molar-refractivity contribution in [1.29, 1.82) is 0 Å². The summed E-state index contributed by atoms with van der Waals surface area (Å²) in [5.41, 5.74) is 2.46.